The van der Waals surface area contributed by atoms with Gasteiger partial charge in [0.15, 0.2) is 0 Å². The minimum atomic E-state index is -1.31. The first-order valence-electron chi connectivity index (χ1n) is 21.2. The molecule has 0 aromatic rings. The SMILES string of the molecule is C=CC(C)(C)O[C@@H](C)[C@@H]1NC(=O)[C@H](C(C)C)NC(=O)[C@@H]2CCCN2C(=O)[C@H]([C@H](C)CC)NC(=O)[C@H]([C@@H](C)CC)NC(=O)[C@H]2CCCN2C(=O)[C@H]([C@H](C)CC)NC1=O. The summed E-state index contributed by atoms with van der Waals surface area (Å²) in [6.45, 7) is 24.3. The van der Waals surface area contributed by atoms with E-state index in [9.17, 15) is 33.6 Å². The van der Waals surface area contributed by atoms with Gasteiger partial charge in [0.1, 0.15) is 42.3 Å². The molecule has 3 saturated heterocycles. The average Bonchev–Trinajstić information content (AvgIpc) is 3.88. The van der Waals surface area contributed by atoms with Crippen molar-refractivity contribution < 1.29 is 38.3 Å². The number of amides is 7. The number of nitrogens with zero attached hydrogens (tertiary/aromatic N) is 2. The maximum Gasteiger partial charge on any atom is 0.246 e. The molecule has 322 valence electrons. The van der Waals surface area contributed by atoms with Gasteiger partial charge in [0.2, 0.25) is 41.4 Å². The molecule has 0 unspecified atom stereocenters. The lowest BCUT2D eigenvalue weighted by Gasteiger charge is -2.35. The number of hydrogen-bond acceptors (Lipinski definition) is 8. The molecule has 15 nitrogen and oxygen atoms in total. The van der Waals surface area contributed by atoms with E-state index < -0.39 is 101 Å². The number of ether oxygens (including phenoxy) is 1. The van der Waals surface area contributed by atoms with Crippen molar-refractivity contribution in [2.24, 2.45) is 23.7 Å². The molecular weight excluding hydrogens is 731 g/mol. The molecule has 57 heavy (non-hydrogen) atoms. The highest BCUT2D eigenvalue weighted by Crippen LogP contribution is 2.25. The van der Waals surface area contributed by atoms with Gasteiger partial charge in [-0.3, -0.25) is 33.6 Å². The fourth-order valence-electron chi connectivity index (χ4n) is 7.79. The van der Waals surface area contributed by atoms with Crippen molar-refractivity contribution in [3.8, 4) is 0 Å². The summed E-state index contributed by atoms with van der Waals surface area (Å²) in [4.78, 5) is 103. The highest BCUT2D eigenvalue weighted by atomic mass is 16.5. The lowest BCUT2D eigenvalue weighted by Crippen LogP contribution is -2.63. The Balaban J connectivity index is 2.19. The van der Waals surface area contributed by atoms with Crippen LogP contribution in [0.25, 0.3) is 0 Å². The van der Waals surface area contributed by atoms with Crippen LogP contribution in [0.4, 0.5) is 0 Å². The third-order valence-electron chi connectivity index (χ3n) is 12.3. The molecule has 0 bridgehead atoms. The molecule has 7 amide bonds. The van der Waals surface area contributed by atoms with Crippen LogP contribution in [0.2, 0.25) is 0 Å². The average molecular weight is 802 g/mol. The molecule has 3 rings (SSSR count). The van der Waals surface area contributed by atoms with Crippen molar-refractivity contribution in [2.75, 3.05) is 13.1 Å². The standard InChI is InChI=1S/C42H71N7O8/c1-13-24(7)31-38(53)45-32(25(8)14-2)40(55)48-21-17-19-28(48)35(50)43-30(23(5)6)37(52)47-34(27(10)57-42(11,12)16-4)39(54)46-33(26(9)15-3)41(56)49-22-18-20-29(49)36(51)44-31/h16,23-34H,4,13-15,17-22H2,1-3,5-12H3,(H,43,50)(H,44,51)(H,45,53)(H,46,54)(H,47,52)/t24-,25+,26+,27-,28-,29+,30-,31-,32-,33-,34-/m0/s1. The molecule has 0 saturated carbocycles. The molecule has 11 atom stereocenters. The van der Waals surface area contributed by atoms with Crippen molar-refractivity contribution in [3.63, 3.8) is 0 Å². The first-order chi connectivity index (χ1) is 26.7. The van der Waals surface area contributed by atoms with E-state index in [2.05, 4.69) is 33.2 Å². The third-order valence-corrected chi connectivity index (χ3v) is 12.3. The van der Waals surface area contributed by atoms with Gasteiger partial charge in [-0.25, -0.2) is 0 Å². The quantitative estimate of drug-likeness (QED) is 0.197. The van der Waals surface area contributed by atoms with Gasteiger partial charge >= 0.3 is 0 Å². The summed E-state index contributed by atoms with van der Waals surface area (Å²) in [6, 6.07) is -7.28. The van der Waals surface area contributed by atoms with E-state index in [0.717, 1.165) is 0 Å². The number of carbonyl (C=O) groups is 7. The summed E-state index contributed by atoms with van der Waals surface area (Å²) < 4.78 is 6.22. The first kappa shape index (κ1) is 47.4. The molecule has 15 heteroatoms. The zero-order chi connectivity index (χ0) is 42.9. The molecule has 0 aliphatic carbocycles. The topological polar surface area (TPSA) is 195 Å². The molecule has 3 aliphatic rings. The van der Waals surface area contributed by atoms with Crippen molar-refractivity contribution >= 4 is 41.4 Å². The summed E-state index contributed by atoms with van der Waals surface area (Å²) in [5.41, 5.74) is -0.894. The second kappa shape index (κ2) is 20.6. The highest BCUT2D eigenvalue weighted by Gasteiger charge is 2.45. The maximum atomic E-state index is 14.5. The van der Waals surface area contributed by atoms with E-state index in [-0.39, 0.29) is 30.8 Å². The highest BCUT2D eigenvalue weighted by molar-refractivity contribution is 5.99. The van der Waals surface area contributed by atoms with Gasteiger partial charge in [-0.2, -0.15) is 0 Å². The molecule has 0 aromatic heterocycles. The Hall–Kier alpha value is -4.01. The van der Waals surface area contributed by atoms with Gasteiger partial charge in [0, 0.05) is 13.1 Å². The van der Waals surface area contributed by atoms with Gasteiger partial charge in [-0.15, -0.1) is 6.58 Å². The summed E-state index contributed by atoms with van der Waals surface area (Å²) in [5, 5.41) is 14.5. The zero-order valence-electron chi connectivity index (χ0n) is 36.2. The van der Waals surface area contributed by atoms with Gasteiger partial charge < -0.3 is 41.1 Å². The molecular formula is C42H71N7O8. The Bertz CT molecular complexity index is 1490. The molecule has 0 spiro atoms. The number of nitrogens with one attached hydrogen (secondary N) is 5. The van der Waals surface area contributed by atoms with Gasteiger partial charge in [-0.05, 0) is 70.1 Å². The van der Waals surface area contributed by atoms with E-state index in [1.54, 1.807) is 40.7 Å². The predicted octanol–water partition coefficient (Wildman–Crippen LogP) is 2.57. The van der Waals surface area contributed by atoms with E-state index in [0.29, 0.717) is 44.9 Å². The number of carbonyl (C=O) groups excluding carboxylic acids is 7. The van der Waals surface area contributed by atoms with Crippen molar-refractivity contribution in [1.29, 1.82) is 0 Å². The van der Waals surface area contributed by atoms with Crippen LogP contribution < -0.4 is 26.6 Å². The van der Waals surface area contributed by atoms with Crippen LogP contribution in [0.5, 0.6) is 0 Å². The maximum absolute atomic E-state index is 14.5. The molecule has 3 heterocycles. The Morgan fingerprint density at radius 1 is 0.596 bits per heavy atom. The lowest BCUT2D eigenvalue weighted by molar-refractivity contribution is -0.145. The van der Waals surface area contributed by atoms with Crippen molar-refractivity contribution in [3.05, 3.63) is 12.7 Å². The summed E-state index contributed by atoms with van der Waals surface area (Å²) >= 11 is 0. The minimum Gasteiger partial charge on any atom is -0.366 e. The second-order valence-corrected chi connectivity index (χ2v) is 17.3. The smallest absolute Gasteiger partial charge is 0.246 e. The molecule has 5 N–H and O–H groups in total. The van der Waals surface area contributed by atoms with Gasteiger partial charge in [-0.1, -0.05) is 80.7 Å². The predicted molar refractivity (Wildman–Crippen MR) is 217 cm³/mol. The fraction of sp³-hybridized carbons (Fsp3) is 0.786. The monoisotopic (exact) mass is 802 g/mol. The van der Waals surface area contributed by atoms with Gasteiger partial charge in [0.05, 0.1) is 11.7 Å². The minimum absolute atomic E-state index is 0.268. The van der Waals surface area contributed by atoms with Crippen LogP contribution in [0.3, 0.4) is 0 Å². The Kier molecular flexibility index (Phi) is 17.1. The molecule has 3 fully saturated rings. The lowest BCUT2D eigenvalue weighted by atomic mass is 9.94. The van der Waals surface area contributed by atoms with Crippen LogP contribution in [0.1, 0.15) is 121 Å². The van der Waals surface area contributed by atoms with Crippen LogP contribution in [-0.4, -0.2) is 118 Å². The second-order valence-electron chi connectivity index (χ2n) is 17.3. The molecule has 3 aliphatic heterocycles. The Labute approximate surface area is 340 Å². The summed E-state index contributed by atoms with van der Waals surface area (Å²) in [7, 11) is 0. The van der Waals surface area contributed by atoms with Crippen LogP contribution >= 0.6 is 0 Å². The van der Waals surface area contributed by atoms with Crippen molar-refractivity contribution in [2.45, 2.75) is 175 Å². The van der Waals surface area contributed by atoms with Gasteiger partial charge in [0.25, 0.3) is 0 Å². The number of rotatable bonds is 11. The van der Waals surface area contributed by atoms with E-state index in [4.69, 9.17) is 4.74 Å². The Morgan fingerprint density at radius 3 is 1.35 bits per heavy atom. The largest absolute Gasteiger partial charge is 0.366 e. The normalized spacial score (nSPS) is 29.8. The molecule has 0 aromatic carbocycles. The van der Waals surface area contributed by atoms with E-state index in [1.165, 1.54) is 9.80 Å². The first-order valence-corrected chi connectivity index (χ1v) is 21.2. The summed E-state index contributed by atoms with van der Waals surface area (Å²) in [5.74, 6) is -5.17. The number of hydrogen-bond donors (Lipinski definition) is 5. The van der Waals surface area contributed by atoms with Crippen LogP contribution in [-0.2, 0) is 38.3 Å². The fourth-order valence-corrected chi connectivity index (χ4v) is 7.79. The van der Waals surface area contributed by atoms with E-state index in [1.807, 2.05) is 41.5 Å². The van der Waals surface area contributed by atoms with Crippen molar-refractivity contribution in [1.82, 2.24) is 36.4 Å². The van der Waals surface area contributed by atoms with Crippen LogP contribution in [0, 0.1) is 23.7 Å². The Morgan fingerprint density at radius 2 is 0.947 bits per heavy atom. The van der Waals surface area contributed by atoms with E-state index >= 15 is 0 Å². The molecule has 0 radical (unpaired) electrons. The third kappa shape index (κ3) is 11.6. The summed E-state index contributed by atoms with van der Waals surface area (Å²) in [6.07, 6.45) is 4.05. The zero-order valence-corrected chi connectivity index (χ0v) is 36.2. The number of fused-ring (bicyclic) bond motifs is 2. The van der Waals surface area contributed by atoms with Crippen LogP contribution in [0.15, 0.2) is 12.7 Å².